The molecule has 0 aliphatic carbocycles. The molecular formula is C11H12BrClO. The first-order chi connectivity index (χ1) is 6.69. The number of benzene rings is 1. The van der Waals surface area contributed by atoms with Crippen molar-refractivity contribution in [2.24, 2.45) is 0 Å². The number of hydrogen-bond donors (Lipinski definition) is 0. The average Bonchev–Trinajstić information content (AvgIpc) is 2.21. The zero-order valence-corrected chi connectivity index (χ0v) is 10.4. The standard InChI is InChI=1S/C11H12BrClO/c1-8-9(5-11(14)6-12)3-2-4-10(8)7-13/h2-4H,5-7H2,1H3. The Morgan fingerprint density at radius 1 is 1.43 bits per heavy atom. The number of halogens is 2. The maximum Gasteiger partial charge on any atom is 0.147 e. The summed E-state index contributed by atoms with van der Waals surface area (Å²) in [5, 5.41) is 0.414. The fourth-order valence-electron chi connectivity index (χ4n) is 1.33. The monoisotopic (exact) mass is 274 g/mol. The van der Waals surface area contributed by atoms with E-state index in [1.54, 1.807) is 0 Å². The molecule has 0 saturated carbocycles. The molecule has 0 amide bonds. The van der Waals surface area contributed by atoms with E-state index in [0.29, 0.717) is 17.6 Å². The molecule has 0 fully saturated rings. The average molecular weight is 276 g/mol. The predicted molar refractivity (Wildman–Crippen MR) is 63.2 cm³/mol. The highest BCUT2D eigenvalue weighted by Gasteiger charge is 2.06. The van der Waals surface area contributed by atoms with Gasteiger partial charge in [0.15, 0.2) is 0 Å². The first-order valence-corrected chi connectivity index (χ1v) is 6.05. The van der Waals surface area contributed by atoms with Crippen molar-refractivity contribution in [2.45, 2.75) is 19.2 Å². The third kappa shape index (κ3) is 2.82. The molecule has 1 rings (SSSR count). The Bertz CT molecular complexity index is 336. The number of alkyl halides is 2. The van der Waals surface area contributed by atoms with Gasteiger partial charge in [0.2, 0.25) is 0 Å². The van der Waals surface area contributed by atoms with Crippen molar-refractivity contribution in [2.75, 3.05) is 5.33 Å². The second kappa shape index (κ2) is 5.52. The highest BCUT2D eigenvalue weighted by Crippen LogP contribution is 2.16. The molecule has 0 N–H and O–H groups in total. The summed E-state index contributed by atoms with van der Waals surface area (Å²) in [6.07, 6.45) is 0.488. The zero-order valence-electron chi connectivity index (χ0n) is 8.02. The summed E-state index contributed by atoms with van der Waals surface area (Å²) in [6.45, 7) is 2.01. The van der Waals surface area contributed by atoms with Crippen molar-refractivity contribution in [1.82, 2.24) is 0 Å². The number of hydrogen-bond acceptors (Lipinski definition) is 1. The summed E-state index contributed by atoms with van der Waals surface area (Å²) in [5.74, 6) is 0.696. The molecule has 14 heavy (non-hydrogen) atoms. The lowest BCUT2D eigenvalue weighted by Crippen LogP contribution is -2.05. The molecule has 0 aliphatic rings. The van der Waals surface area contributed by atoms with Gasteiger partial charge in [-0.25, -0.2) is 0 Å². The van der Waals surface area contributed by atoms with Crippen LogP contribution in [0.5, 0.6) is 0 Å². The largest absolute Gasteiger partial charge is 0.298 e. The van der Waals surface area contributed by atoms with Crippen LogP contribution in [0.1, 0.15) is 16.7 Å². The van der Waals surface area contributed by atoms with Crippen LogP contribution in [0, 0.1) is 6.92 Å². The summed E-state index contributed by atoms with van der Waals surface area (Å²) < 4.78 is 0. The molecule has 0 heterocycles. The van der Waals surface area contributed by atoms with Gasteiger partial charge in [0.25, 0.3) is 0 Å². The van der Waals surface area contributed by atoms with Crippen LogP contribution in [0.3, 0.4) is 0 Å². The number of Topliss-reactive ketones (excluding diaryl/α,β-unsaturated/α-hetero) is 1. The third-order valence-corrected chi connectivity index (χ3v) is 3.15. The number of ketones is 1. The lowest BCUT2D eigenvalue weighted by Gasteiger charge is -2.07. The van der Waals surface area contributed by atoms with Crippen LogP contribution in [0.2, 0.25) is 0 Å². The molecule has 0 unspecified atom stereocenters. The molecule has 1 nitrogen and oxygen atoms in total. The highest BCUT2D eigenvalue weighted by atomic mass is 79.9. The van der Waals surface area contributed by atoms with Gasteiger partial charge >= 0.3 is 0 Å². The molecule has 0 radical (unpaired) electrons. The van der Waals surface area contributed by atoms with Crippen molar-refractivity contribution >= 4 is 33.3 Å². The molecule has 1 aromatic carbocycles. The SMILES string of the molecule is Cc1c(CCl)cccc1CC(=O)CBr. The van der Waals surface area contributed by atoms with Crippen molar-refractivity contribution in [1.29, 1.82) is 0 Å². The number of carbonyl (C=O) groups is 1. The summed E-state index contributed by atoms with van der Waals surface area (Å²) in [5.41, 5.74) is 3.32. The van der Waals surface area contributed by atoms with Crippen LogP contribution in [0.25, 0.3) is 0 Å². The van der Waals surface area contributed by atoms with E-state index in [1.807, 2.05) is 25.1 Å². The third-order valence-electron chi connectivity index (χ3n) is 2.24. The molecule has 1 aromatic rings. The van der Waals surface area contributed by atoms with E-state index in [4.69, 9.17) is 11.6 Å². The fraction of sp³-hybridized carbons (Fsp3) is 0.364. The Morgan fingerprint density at radius 2 is 2.07 bits per heavy atom. The molecule has 0 spiro atoms. The first-order valence-electron chi connectivity index (χ1n) is 4.40. The van der Waals surface area contributed by atoms with Crippen molar-refractivity contribution in [3.05, 3.63) is 34.9 Å². The van der Waals surface area contributed by atoms with Crippen LogP contribution in [0.15, 0.2) is 18.2 Å². The second-order valence-corrected chi connectivity index (χ2v) is 4.01. The normalized spacial score (nSPS) is 10.2. The van der Waals surface area contributed by atoms with Gasteiger partial charge < -0.3 is 0 Å². The maximum absolute atomic E-state index is 11.3. The minimum atomic E-state index is 0.194. The Hall–Kier alpha value is -0.340. The van der Waals surface area contributed by atoms with Crippen molar-refractivity contribution < 1.29 is 4.79 Å². The second-order valence-electron chi connectivity index (χ2n) is 3.18. The van der Waals surface area contributed by atoms with Gasteiger partial charge in [-0.1, -0.05) is 34.1 Å². The topological polar surface area (TPSA) is 17.1 Å². The summed E-state index contributed by atoms with van der Waals surface area (Å²) in [4.78, 5) is 11.3. The van der Waals surface area contributed by atoms with Gasteiger partial charge in [-0.3, -0.25) is 4.79 Å². The van der Waals surface area contributed by atoms with Gasteiger partial charge in [-0.2, -0.15) is 0 Å². The highest BCUT2D eigenvalue weighted by molar-refractivity contribution is 9.09. The van der Waals surface area contributed by atoms with E-state index in [0.717, 1.165) is 16.7 Å². The van der Waals surface area contributed by atoms with Crippen LogP contribution in [-0.2, 0) is 17.1 Å². The molecular weight excluding hydrogens is 263 g/mol. The van der Waals surface area contributed by atoms with Crippen LogP contribution < -0.4 is 0 Å². The van der Waals surface area contributed by atoms with Gasteiger partial charge in [-0.05, 0) is 23.6 Å². The Labute approximate surface area is 97.6 Å². The quantitative estimate of drug-likeness (QED) is 0.771. The van der Waals surface area contributed by atoms with E-state index in [2.05, 4.69) is 15.9 Å². The Kier molecular flexibility index (Phi) is 4.63. The lowest BCUT2D eigenvalue weighted by molar-refractivity contribution is -0.115. The van der Waals surface area contributed by atoms with E-state index < -0.39 is 0 Å². The van der Waals surface area contributed by atoms with Crippen molar-refractivity contribution in [3.63, 3.8) is 0 Å². The zero-order chi connectivity index (χ0) is 10.6. The minimum Gasteiger partial charge on any atom is -0.298 e. The molecule has 0 saturated heterocycles. The van der Waals surface area contributed by atoms with Gasteiger partial charge in [0, 0.05) is 12.3 Å². The summed E-state index contributed by atoms with van der Waals surface area (Å²) in [7, 11) is 0. The lowest BCUT2D eigenvalue weighted by atomic mass is 10.00. The molecule has 0 atom stereocenters. The molecule has 0 bridgehead atoms. The smallest absolute Gasteiger partial charge is 0.147 e. The van der Waals surface area contributed by atoms with Crippen molar-refractivity contribution in [3.8, 4) is 0 Å². The Morgan fingerprint density at radius 3 is 2.64 bits per heavy atom. The number of carbonyl (C=O) groups excluding carboxylic acids is 1. The van der Waals surface area contributed by atoms with Gasteiger partial charge in [0.05, 0.1) is 5.33 Å². The van der Waals surface area contributed by atoms with Crippen LogP contribution >= 0.6 is 27.5 Å². The molecule has 3 heteroatoms. The van der Waals surface area contributed by atoms with E-state index in [1.165, 1.54) is 0 Å². The molecule has 0 aliphatic heterocycles. The van der Waals surface area contributed by atoms with E-state index in [9.17, 15) is 4.79 Å². The summed E-state index contributed by atoms with van der Waals surface area (Å²) in [6, 6.07) is 5.91. The minimum absolute atomic E-state index is 0.194. The Balaban J connectivity index is 2.92. The van der Waals surface area contributed by atoms with Gasteiger partial charge in [-0.15, -0.1) is 11.6 Å². The fourth-order valence-corrected chi connectivity index (χ4v) is 1.82. The predicted octanol–water partition coefficient (Wildman–Crippen LogP) is 3.24. The van der Waals surface area contributed by atoms with E-state index >= 15 is 0 Å². The maximum atomic E-state index is 11.3. The number of rotatable bonds is 4. The molecule has 76 valence electrons. The summed E-state index contributed by atoms with van der Waals surface area (Å²) >= 11 is 8.94. The van der Waals surface area contributed by atoms with Gasteiger partial charge in [0.1, 0.15) is 5.78 Å². The molecule has 0 aromatic heterocycles. The van der Waals surface area contributed by atoms with Crippen LogP contribution in [-0.4, -0.2) is 11.1 Å². The first kappa shape index (κ1) is 11.7. The van der Waals surface area contributed by atoms with E-state index in [-0.39, 0.29) is 5.78 Å². The van der Waals surface area contributed by atoms with Crippen LogP contribution in [0.4, 0.5) is 0 Å².